The van der Waals surface area contributed by atoms with Crippen LogP contribution in [0.4, 0.5) is 0 Å². The molecule has 0 aliphatic carbocycles. The fourth-order valence-electron chi connectivity index (χ4n) is 2.58. The van der Waals surface area contributed by atoms with Crippen LogP contribution >= 0.6 is 0 Å². The molecular formula is C18H16N2O3. The zero-order chi connectivity index (χ0) is 16.4. The van der Waals surface area contributed by atoms with E-state index in [0.29, 0.717) is 11.1 Å². The van der Waals surface area contributed by atoms with Gasteiger partial charge in [0.2, 0.25) is 0 Å². The number of aryl methyl sites for hydroxylation is 1. The monoisotopic (exact) mass is 308 g/mol. The Labute approximate surface area is 132 Å². The number of hydrogen-bond acceptors (Lipinski definition) is 3. The molecule has 3 aromatic rings. The summed E-state index contributed by atoms with van der Waals surface area (Å²) in [5, 5.41) is 1.34. The summed E-state index contributed by atoms with van der Waals surface area (Å²) in [4.78, 5) is 25.7. The third-order valence-corrected chi connectivity index (χ3v) is 3.69. The number of aromatic nitrogens is 1. The molecule has 0 fully saturated rings. The number of H-pyrrole nitrogens is 1. The molecule has 0 bridgehead atoms. The zero-order valence-electron chi connectivity index (χ0n) is 12.6. The molecular weight excluding hydrogens is 292 g/mol. The largest absolute Gasteiger partial charge is 0.484 e. The number of aromatic amines is 1. The summed E-state index contributed by atoms with van der Waals surface area (Å²) in [7, 11) is 0. The van der Waals surface area contributed by atoms with Crippen LogP contribution in [0.15, 0.2) is 53.5 Å². The molecule has 0 aliphatic rings. The number of carbonyl (C=O) groups excluding carboxylic acids is 1. The van der Waals surface area contributed by atoms with Crippen LogP contribution < -0.4 is 16.0 Å². The Morgan fingerprint density at radius 2 is 1.91 bits per heavy atom. The second-order valence-corrected chi connectivity index (χ2v) is 5.31. The van der Waals surface area contributed by atoms with Gasteiger partial charge in [0.05, 0.1) is 5.39 Å². The van der Waals surface area contributed by atoms with E-state index >= 15 is 0 Å². The van der Waals surface area contributed by atoms with Crippen LogP contribution in [0.3, 0.4) is 0 Å². The second kappa shape index (κ2) is 5.96. The summed E-state index contributed by atoms with van der Waals surface area (Å²) >= 11 is 0. The molecule has 5 heteroatoms. The lowest BCUT2D eigenvalue weighted by molar-refractivity contribution is -0.119. The Hall–Kier alpha value is -3.08. The molecule has 1 heterocycles. The van der Waals surface area contributed by atoms with Crippen molar-refractivity contribution in [3.8, 4) is 16.9 Å². The van der Waals surface area contributed by atoms with Crippen LogP contribution in [0.1, 0.15) is 5.56 Å². The minimum absolute atomic E-state index is 0.207. The van der Waals surface area contributed by atoms with E-state index in [-0.39, 0.29) is 12.2 Å². The third kappa shape index (κ3) is 2.94. The number of ether oxygens (including phenoxy) is 1. The summed E-state index contributed by atoms with van der Waals surface area (Å²) in [6, 6.07) is 13.1. The van der Waals surface area contributed by atoms with Crippen molar-refractivity contribution in [1.82, 2.24) is 4.98 Å². The van der Waals surface area contributed by atoms with Gasteiger partial charge in [0.25, 0.3) is 11.5 Å². The lowest BCUT2D eigenvalue weighted by atomic mass is 9.97. The fraction of sp³-hybridized carbons (Fsp3) is 0.111. The maximum Gasteiger partial charge on any atom is 0.255 e. The molecule has 0 aliphatic heterocycles. The van der Waals surface area contributed by atoms with Crippen LogP contribution in [0.25, 0.3) is 21.9 Å². The lowest BCUT2D eigenvalue weighted by Gasteiger charge is -2.10. The van der Waals surface area contributed by atoms with Gasteiger partial charge in [-0.2, -0.15) is 0 Å². The number of pyridine rings is 1. The van der Waals surface area contributed by atoms with Gasteiger partial charge >= 0.3 is 0 Å². The highest BCUT2D eigenvalue weighted by Gasteiger charge is 2.10. The van der Waals surface area contributed by atoms with Crippen molar-refractivity contribution in [3.63, 3.8) is 0 Å². The minimum atomic E-state index is -0.562. The number of benzene rings is 2. The number of amides is 1. The molecule has 0 saturated heterocycles. The number of nitrogens with two attached hydrogens (primary N) is 1. The van der Waals surface area contributed by atoms with Gasteiger partial charge in [0.1, 0.15) is 5.75 Å². The van der Waals surface area contributed by atoms with Crippen LogP contribution in [0.2, 0.25) is 0 Å². The summed E-state index contributed by atoms with van der Waals surface area (Å²) in [5.41, 5.74) is 7.98. The van der Waals surface area contributed by atoms with Crippen LogP contribution in [0.5, 0.6) is 5.75 Å². The van der Waals surface area contributed by atoms with E-state index in [1.165, 1.54) is 0 Å². The highest BCUT2D eigenvalue weighted by molar-refractivity contribution is 5.97. The van der Waals surface area contributed by atoms with Gasteiger partial charge in [0.15, 0.2) is 6.61 Å². The molecule has 5 nitrogen and oxygen atoms in total. The van der Waals surface area contributed by atoms with Crippen molar-refractivity contribution in [2.45, 2.75) is 6.92 Å². The summed E-state index contributed by atoms with van der Waals surface area (Å²) < 4.78 is 5.27. The van der Waals surface area contributed by atoms with Gasteiger partial charge in [-0.1, -0.05) is 24.3 Å². The molecule has 0 spiro atoms. The quantitative estimate of drug-likeness (QED) is 0.776. The van der Waals surface area contributed by atoms with E-state index in [4.69, 9.17) is 10.5 Å². The first-order chi connectivity index (χ1) is 11.1. The van der Waals surface area contributed by atoms with Crippen molar-refractivity contribution in [2.75, 3.05) is 6.61 Å². The number of carbonyl (C=O) groups is 1. The molecule has 23 heavy (non-hydrogen) atoms. The molecule has 3 N–H and O–H groups in total. The summed E-state index contributed by atoms with van der Waals surface area (Å²) in [5.74, 6) is -0.128. The highest BCUT2D eigenvalue weighted by atomic mass is 16.5. The first kappa shape index (κ1) is 14.8. The Balaban J connectivity index is 2.15. The summed E-state index contributed by atoms with van der Waals surface area (Å²) in [6.45, 7) is 1.80. The molecule has 0 unspecified atom stereocenters. The van der Waals surface area contributed by atoms with E-state index in [1.807, 2.05) is 37.3 Å². The van der Waals surface area contributed by atoms with E-state index in [1.54, 1.807) is 18.3 Å². The van der Waals surface area contributed by atoms with Crippen molar-refractivity contribution < 1.29 is 9.53 Å². The Bertz CT molecular complexity index is 944. The van der Waals surface area contributed by atoms with E-state index < -0.39 is 5.91 Å². The number of nitrogens with one attached hydrogen (secondary N) is 1. The predicted molar refractivity (Wildman–Crippen MR) is 89.4 cm³/mol. The van der Waals surface area contributed by atoms with Gasteiger partial charge < -0.3 is 15.5 Å². The van der Waals surface area contributed by atoms with Crippen LogP contribution in [-0.2, 0) is 4.79 Å². The van der Waals surface area contributed by atoms with Gasteiger partial charge in [-0.15, -0.1) is 0 Å². The van der Waals surface area contributed by atoms with Crippen molar-refractivity contribution in [1.29, 1.82) is 0 Å². The maximum atomic E-state index is 12.1. The van der Waals surface area contributed by atoms with Crippen LogP contribution in [-0.4, -0.2) is 17.5 Å². The smallest absolute Gasteiger partial charge is 0.255 e. The molecule has 0 atom stereocenters. The molecule has 1 aromatic heterocycles. The van der Waals surface area contributed by atoms with Gasteiger partial charge in [0, 0.05) is 11.8 Å². The van der Waals surface area contributed by atoms with Crippen LogP contribution in [0, 0.1) is 6.92 Å². The average molecular weight is 308 g/mol. The van der Waals surface area contributed by atoms with E-state index in [0.717, 1.165) is 22.1 Å². The normalized spacial score (nSPS) is 10.7. The number of hydrogen-bond donors (Lipinski definition) is 2. The molecule has 2 aromatic carbocycles. The standard InChI is InChI=1S/C18H16N2O3/c1-11-4-2-3-5-13(11)16-9-20-18(22)15-8-12(6-7-14(15)16)23-10-17(19)21/h2-9H,10H2,1H3,(H2,19,21)(H,20,22). The molecule has 116 valence electrons. The first-order valence-electron chi connectivity index (χ1n) is 7.19. The Morgan fingerprint density at radius 1 is 1.13 bits per heavy atom. The number of rotatable bonds is 4. The van der Waals surface area contributed by atoms with E-state index in [9.17, 15) is 9.59 Å². The second-order valence-electron chi connectivity index (χ2n) is 5.31. The Kier molecular flexibility index (Phi) is 3.85. The average Bonchev–Trinajstić information content (AvgIpc) is 2.54. The van der Waals surface area contributed by atoms with Gasteiger partial charge in [-0.25, -0.2) is 0 Å². The summed E-state index contributed by atoms with van der Waals surface area (Å²) in [6.07, 6.45) is 1.72. The number of primary amides is 1. The third-order valence-electron chi connectivity index (χ3n) is 3.69. The van der Waals surface area contributed by atoms with Crippen molar-refractivity contribution >= 4 is 16.7 Å². The fourth-order valence-corrected chi connectivity index (χ4v) is 2.58. The zero-order valence-corrected chi connectivity index (χ0v) is 12.6. The Morgan fingerprint density at radius 3 is 2.65 bits per heavy atom. The molecule has 0 saturated carbocycles. The predicted octanol–water partition coefficient (Wildman–Crippen LogP) is 2.37. The first-order valence-corrected chi connectivity index (χ1v) is 7.19. The topological polar surface area (TPSA) is 85.2 Å². The van der Waals surface area contributed by atoms with Crippen molar-refractivity contribution in [2.24, 2.45) is 5.73 Å². The van der Waals surface area contributed by atoms with Gasteiger partial charge in [-0.3, -0.25) is 9.59 Å². The maximum absolute atomic E-state index is 12.1. The molecule has 0 radical (unpaired) electrons. The van der Waals surface area contributed by atoms with Gasteiger partial charge in [-0.05, 0) is 41.6 Å². The molecule has 1 amide bonds. The molecule has 3 rings (SSSR count). The van der Waals surface area contributed by atoms with Crippen molar-refractivity contribution in [3.05, 3.63) is 64.6 Å². The SMILES string of the molecule is Cc1ccccc1-c1c[nH]c(=O)c2cc(OCC(N)=O)ccc12. The lowest BCUT2D eigenvalue weighted by Crippen LogP contribution is -2.20. The van der Waals surface area contributed by atoms with E-state index in [2.05, 4.69) is 4.98 Å². The minimum Gasteiger partial charge on any atom is -0.484 e. The number of fused-ring (bicyclic) bond motifs is 1. The highest BCUT2D eigenvalue weighted by Crippen LogP contribution is 2.30.